The number of esters is 3. The van der Waals surface area contributed by atoms with E-state index in [4.69, 9.17) is 14.2 Å². The van der Waals surface area contributed by atoms with E-state index < -0.39 is 6.10 Å². The van der Waals surface area contributed by atoms with Crippen LogP contribution in [-0.2, 0) is 28.6 Å². The second kappa shape index (κ2) is 66.4. The van der Waals surface area contributed by atoms with Crippen LogP contribution in [0, 0.1) is 0 Å². The van der Waals surface area contributed by atoms with E-state index in [0.717, 1.165) is 109 Å². The lowest BCUT2D eigenvalue weighted by Gasteiger charge is -2.18. The minimum absolute atomic E-state index is 0.0821. The standard InChI is InChI=1S/C72H128O6/c1-4-7-10-13-16-19-22-25-28-30-32-33-34-35-36-37-38-39-40-42-44-47-50-53-56-59-62-65-71(74)77-68-69(67-76-70(73)64-61-58-55-52-49-46-43-27-24-21-18-15-12-9-6-3)78-72(75)66-63-60-57-54-51-48-45-41-31-29-26-23-20-17-14-11-8-5-2/h9,12,18,20-21,23,27,29-32,43,69H,4-8,10-11,13-17,19,22,24-26,28,33-42,44-68H2,1-3H3/b12-9-,21-18-,23-20-,31-29-,32-30-,43-27-. The summed E-state index contributed by atoms with van der Waals surface area (Å²) in [6, 6.07) is 0. The summed E-state index contributed by atoms with van der Waals surface area (Å²) in [6.07, 6.45) is 86.4. The Labute approximate surface area is 484 Å². The van der Waals surface area contributed by atoms with Crippen molar-refractivity contribution in [3.63, 3.8) is 0 Å². The van der Waals surface area contributed by atoms with Gasteiger partial charge in [0, 0.05) is 19.3 Å². The molecular weight excluding hydrogens is 961 g/mol. The Kier molecular flexibility index (Phi) is 63.7. The number of ether oxygens (including phenoxy) is 3. The number of allylic oxidation sites excluding steroid dienone is 12. The van der Waals surface area contributed by atoms with E-state index >= 15 is 0 Å². The SMILES string of the molecule is CC/C=C\C/C=C\C/C=C\CCCCCCCC(=O)OCC(COC(=O)CCCCCCCCCCCCCCCCC/C=C\CCCCCCCCCC)OC(=O)CCCCCCCCC/C=C\C/C=C\CCCCCC. The quantitative estimate of drug-likeness (QED) is 0.0261. The first-order valence-corrected chi connectivity index (χ1v) is 33.9. The van der Waals surface area contributed by atoms with E-state index in [-0.39, 0.29) is 31.1 Å². The van der Waals surface area contributed by atoms with Crippen molar-refractivity contribution in [2.24, 2.45) is 0 Å². The summed E-state index contributed by atoms with van der Waals surface area (Å²) in [5.74, 6) is -0.891. The van der Waals surface area contributed by atoms with E-state index in [2.05, 4.69) is 93.7 Å². The predicted molar refractivity (Wildman–Crippen MR) is 339 cm³/mol. The van der Waals surface area contributed by atoms with Crippen molar-refractivity contribution in [2.75, 3.05) is 13.2 Å². The monoisotopic (exact) mass is 1090 g/mol. The van der Waals surface area contributed by atoms with Crippen molar-refractivity contribution in [1.82, 2.24) is 0 Å². The van der Waals surface area contributed by atoms with Gasteiger partial charge in [-0.1, -0.05) is 293 Å². The molecule has 0 rings (SSSR count). The Balaban J connectivity index is 4.28. The second-order valence-electron chi connectivity index (χ2n) is 22.7. The molecule has 0 aliphatic carbocycles. The summed E-state index contributed by atoms with van der Waals surface area (Å²) < 4.78 is 16.9. The molecule has 1 unspecified atom stereocenters. The third-order valence-corrected chi connectivity index (χ3v) is 14.9. The highest BCUT2D eigenvalue weighted by molar-refractivity contribution is 5.71. The zero-order chi connectivity index (χ0) is 56.4. The molecule has 452 valence electrons. The molecule has 0 bridgehead atoms. The summed E-state index contributed by atoms with van der Waals surface area (Å²) in [7, 11) is 0. The van der Waals surface area contributed by atoms with Gasteiger partial charge in [-0.15, -0.1) is 0 Å². The number of hydrogen-bond acceptors (Lipinski definition) is 6. The lowest BCUT2D eigenvalue weighted by molar-refractivity contribution is -0.167. The number of rotatable bonds is 62. The van der Waals surface area contributed by atoms with Crippen LogP contribution in [0.15, 0.2) is 72.9 Å². The highest BCUT2D eigenvalue weighted by atomic mass is 16.6. The van der Waals surface area contributed by atoms with Gasteiger partial charge in [0.05, 0.1) is 0 Å². The topological polar surface area (TPSA) is 78.9 Å². The average molecular weight is 1090 g/mol. The molecule has 0 aliphatic rings. The molecule has 0 N–H and O–H groups in total. The molecule has 0 amide bonds. The summed E-state index contributed by atoms with van der Waals surface area (Å²) in [4.78, 5) is 38.4. The molecule has 0 aromatic rings. The summed E-state index contributed by atoms with van der Waals surface area (Å²) in [6.45, 7) is 6.54. The van der Waals surface area contributed by atoms with Gasteiger partial charge in [-0.2, -0.15) is 0 Å². The van der Waals surface area contributed by atoms with Crippen LogP contribution >= 0.6 is 0 Å². The number of carbonyl (C=O) groups is 3. The van der Waals surface area contributed by atoms with Gasteiger partial charge in [0.2, 0.25) is 0 Å². The molecule has 0 saturated carbocycles. The third kappa shape index (κ3) is 63.7. The van der Waals surface area contributed by atoms with Gasteiger partial charge in [-0.05, 0) is 109 Å². The van der Waals surface area contributed by atoms with Crippen LogP contribution in [0.4, 0.5) is 0 Å². The second-order valence-corrected chi connectivity index (χ2v) is 22.7. The van der Waals surface area contributed by atoms with Gasteiger partial charge in [0.15, 0.2) is 6.10 Å². The normalized spacial score (nSPS) is 12.5. The molecule has 0 aromatic carbocycles. The van der Waals surface area contributed by atoms with E-state index in [1.807, 2.05) is 0 Å². The Morgan fingerprint density at radius 2 is 0.500 bits per heavy atom. The number of carbonyl (C=O) groups excluding carboxylic acids is 3. The molecule has 1 atom stereocenters. The van der Waals surface area contributed by atoms with Crippen LogP contribution in [0.5, 0.6) is 0 Å². The van der Waals surface area contributed by atoms with E-state index in [1.165, 1.54) is 199 Å². The molecule has 0 radical (unpaired) electrons. The minimum atomic E-state index is -0.788. The fourth-order valence-corrected chi connectivity index (χ4v) is 9.84. The fourth-order valence-electron chi connectivity index (χ4n) is 9.84. The molecule has 0 fully saturated rings. The highest BCUT2D eigenvalue weighted by Crippen LogP contribution is 2.17. The van der Waals surface area contributed by atoms with Crippen LogP contribution in [-0.4, -0.2) is 37.2 Å². The predicted octanol–water partition coefficient (Wildman–Crippen LogP) is 23.3. The molecular formula is C72H128O6. The van der Waals surface area contributed by atoms with Crippen molar-refractivity contribution in [3.8, 4) is 0 Å². The molecule has 0 aliphatic heterocycles. The summed E-state index contributed by atoms with van der Waals surface area (Å²) in [5.41, 5.74) is 0. The van der Waals surface area contributed by atoms with Crippen molar-refractivity contribution < 1.29 is 28.6 Å². The van der Waals surface area contributed by atoms with Gasteiger partial charge in [-0.3, -0.25) is 14.4 Å². The minimum Gasteiger partial charge on any atom is -0.462 e. The first kappa shape index (κ1) is 74.8. The largest absolute Gasteiger partial charge is 0.462 e. The first-order chi connectivity index (χ1) is 38.5. The molecule has 78 heavy (non-hydrogen) atoms. The molecule has 0 heterocycles. The van der Waals surface area contributed by atoms with Gasteiger partial charge in [0.1, 0.15) is 13.2 Å². The fraction of sp³-hybridized carbons (Fsp3) is 0.792. The van der Waals surface area contributed by atoms with Crippen molar-refractivity contribution in [3.05, 3.63) is 72.9 Å². The van der Waals surface area contributed by atoms with Crippen molar-refractivity contribution in [2.45, 2.75) is 354 Å². The van der Waals surface area contributed by atoms with Crippen LogP contribution in [0.1, 0.15) is 348 Å². The molecule has 0 saturated heterocycles. The lowest BCUT2D eigenvalue weighted by Crippen LogP contribution is -2.30. The molecule has 0 spiro atoms. The maximum Gasteiger partial charge on any atom is 0.306 e. The van der Waals surface area contributed by atoms with Crippen molar-refractivity contribution >= 4 is 17.9 Å². The lowest BCUT2D eigenvalue weighted by atomic mass is 10.0. The van der Waals surface area contributed by atoms with Gasteiger partial charge < -0.3 is 14.2 Å². The Hall–Kier alpha value is -3.15. The van der Waals surface area contributed by atoms with Crippen LogP contribution in [0.25, 0.3) is 0 Å². The average Bonchev–Trinajstić information content (AvgIpc) is 3.44. The van der Waals surface area contributed by atoms with E-state index in [0.29, 0.717) is 19.3 Å². The van der Waals surface area contributed by atoms with Gasteiger partial charge >= 0.3 is 17.9 Å². The Bertz CT molecular complexity index is 1440. The Morgan fingerprint density at radius 1 is 0.269 bits per heavy atom. The first-order valence-electron chi connectivity index (χ1n) is 33.9. The number of unbranched alkanes of at least 4 members (excludes halogenated alkanes) is 39. The summed E-state index contributed by atoms with van der Waals surface area (Å²) in [5, 5.41) is 0. The third-order valence-electron chi connectivity index (χ3n) is 14.9. The number of hydrogen-bond donors (Lipinski definition) is 0. The zero-order valence-corrected chi connectivity index (χ0v) is 51.9. The Morgan fingerprint density at radius 3 is 0.808 bits per heavy atom. The maximum atomic E-state index is 12.9. The van der Waals surface area contributed by atoms with Gasteiger partial charge in [-0.25, -0.2) is 0 Å². The van der Waals surface area contributed by atoms with E-state index in [1.54, 1.807) is 0 Å². The van der Waals surface area contributed by atoms with Crippen LogP contribution in [0.2, 0.25) is 0 Å². The van der Waals surface area contributed by atoms with Gasteiger partial charge in [0.25, 0.3) is 0 Å². The zero-order valence-electron chi connectivity index (χ0n) is 51.9. The molecule has 6 nitrogen and oxygen atoms in total. The smallest absolute Gasteiger partial charge is 0.306 e. The van der Waals surface area contributed by atoms with Crippen LogP contribution in [0.3, 0.4) is 0 Å². The summed E-state index contributed by atoms with van der Waals surface area (Å²) >= 11 is 0. The van der Waals surface area contributed by atoms with Crippen LogP contribution < -0.4 is 0 Å². The van der Waals surface area contributed by atoms with Crippen molar-refractivity contribution in [1.29, 1.82) is 0 Å². The van der Waals surface area contributed by atoms with E-state index in [9.17, 15) is 14.4 Å². The maximum absolute atomic E-state index is 12.9. The molecule has 6 heteroatoms. The highest BCUT2D eigenvalue weighted by Gasteiger charge is 2.19. The molecule has 0 aromatic heterocycles.